The van der Waals surface area contributed by atoms with E-state index in [2.05, 4.69) is 4.74 Å². The zero-order valence-corrected chi connectivity index (χ0v) is 10.7. The van der Waals surface area contributed by atoms with Crippen molar-refractivity contribution in [3.63, 3.8) is 0 Å². The zero-order chi connectivity index (χ0) is 27.8. The number of carbonyl (C=O) groups is 1. The van der Waals surface area contributed by atoms with Crippen LogP contribution in [0.5, 0.6) is 0 Å². The minimum atomic E-state index is -3.39. The number of hydrogen-bond donors (Lipinski definition) is 2. The van der Waals surface area contributed by atoms with Gasteiger partial charge in [-0.3, -0.25) is 0 Å². The number of carbonyl (C=O) groups excluding carboxylic acids is 1. The van der Waals surface area contributed by atoms with Crippen molar-refractivity contribution in [2.24, 2.45) is 0 Å². The summed E-state index contributed by atoms with van der Waals surface area (Å²) < 4.78 is 123. The average Bonchev–Trinajstić information content (AvgIpc) is 3.01. The smallest absolute Gasteiger partial charge is 0.407 e. The number of nitrogens with one attached hydrogen (secondary N) is 2. The number of amides is 1. The van der Waals surface area contributed by atoms with Gasteiger partial charge in [0.15, 0.2) is 2.82 Å². The van der Waals surface area contributed by atoms with Crippen LogP contribution in [0.25, 0.3) is 10.9 Å². The van der Waals surface area contributed by atoms with Crippen molar-refractivity contribution in [3.8, 4) is 0 Å². The highest BCUT2D eigenvalue weighted by Crippen LogP contribution is 2.21. The number of alkyl carbamates (subject to hydrolysis) is 1. The van der Waals surface area contributed by atoms with E-state index in [1.54, 1.807) is 0 Å². The topological polar surface area (TPSA) is 57.4 Å². The van der Waals surface area contributed by atoms with E-state index in [0.29, 0.717) is 4.98 Å². The Balaban J connectivity index is 2.16. The molecule has 0 saturated carbocycles. The van der Waals surface area contributed by atoms with E-state index in [1.165, 1.54) is 6.07 Å². The first-order chi connectivity index (χ1) is 16.0. The largest absolute Gasteiger partial charge is 0.447 e. The number of aromatic amines is 1. The van der Waals surface area contributed by atoms with Gasteiger partial charge < -0.3 is 19.9 Å². The fourth-order valence-corrected chi connectivity index (χ4v) is 1.93. The molecule has 0 unspecified atom stereocenters. The molecule has 0 radical (unpaired) electrons. The third-order valence-electron chi connectivity index (χ3n) is 2.84. The number of likely N-dealkylation sites (N-methyl/N-ethyl adjacent to an activating group) is 1. The molecule has 1 fully saturated rings. The molecule has 1 amide bonds. The summed E-state index contributed by atoms with van der Waals surface area (Å²) in [4.78, 5) is 12.0. The van der Waals surface area contributed by atoms with E-state index >= 15 is 0 Å². The molecule has 1 aromatic heterocycles. The highest BCUT2D eigenvalue weighted by molar-refractivity contribution is 5.84. The Morgan fingerprint density at radius 2 is 2.57 bits per heavy atom. The van der Waals surface area contributed by atoms with E-state index in [-0.39, 0.29) is 32.2 Å². The maximum absolute atomic E-state index is 11.7. The molecule has 5 nitrogen and oxygen atoms in total. The molecule has 1 aliphatic heterocycles. The second-order valence-corrected chi connectivity index (χ2v) is 4.27. The van der Waals surface area contributed by atoms with Crippen LogP contribution in [-0.2, 0) is 17.5 Å². The second-order valence-electron chi connectivity index (χ2n) is 4.27. The number of nitrogens with zero attached hydrogens (tertiary/aromatic N) is 1. The van der Waals surface area contributed by atoms with Crippen molar-refractivity contribution >= 4 is 17.0 Å². The summed E-state index contributed by atoms with van der Waals surface area (Å²) >= 11 is 0. The van der Waals surface area contributed by atoms with Crippen LogP contribution in [0.15, 0.2) is 24.4 Å². The summed E-state index contributed by atoms with van der Waals surface area (Å²) in [6.45, 7) is -12.7. The number of benzene rings is 1. The van der Waals surface area contributed by atoms with Gasteiger partial charge in [-0.1, -0.05) is 6.07 Å². The summed E-state index contributed by atoms with van der Waals surface area (Å²) in [6.07, 6.45) is -5.76. The lowest BCUT2D eigenvalue weighted by molar-refractivity contribution is 0.177. The number of H-pyrrole nitrogens is 1. The van der Waals surface area contributed by atoms with Gasteiger partial charge >= 0.3 is 6.09 Å². The Bertz CT molecular complexity index is 1170. The van der Waals surface area contributed by atoms with Crippen molar-refractivity contribution < 1.29 is 30.2 Å². The summed E-state index contributed by atoms with van der Waals surface area (Å²) in [7, 11) is 0. The zero-order valence-electron chi connectivity index (χ0n) is 25.7. The van der Waals surface area contributed by atoms with Crippen LogP contribution in [0.2, 0.25) is 2.82 Å². The molecule has 21 heavy (non-hydrogen) atoms. The number of hydrogen-bond acceptors (Lipinski definition) is 3. The van der Waals surface area contributed by atoms with Crippen molar-refractivity contribution in [2.75, 3.05) is 27.0 Å². The molecule has 3 rings (SSSR count). The predicted molar refractivity (Wildman–Crippen MR) is 82.5 cm³/mol. The van der Waals surface area contributed by atoms with Gasteiger partial charge in [-0.05, 0) is 50.0 Å². The molecule has 5 heteroatoms. The Labute approximate surface area is 145 Å². The maximum atomic E-state index is 11.7. The first-order valence-electron chi connectivity index (χ1n) is 13.4. The van der Waals surface area contributed by atoms with Crippen LogP contribution < -0.4 is 5.31 Å². The van der Waals surface area contributed by atoms with Crippen LogP contribution in [0.4, 0.5) is 4.79 Å². The maximum Gasteiger partial charge on any atom is 0.407 e. The standard InChI is InChI=1S/C16H21N3O2/c1-19(2)6-5-12-9-17-15-4-3-11(8-14(12)15)7-13-10-21-16(20)18-13/h3-4,8-9,13,17H,5-7,10H2,1-2H3,(H,18,20)/t13-/m0/s1/i1D3,2D3,6D2,7D2,9D,10D2/hD2. The average molecular weight is 302 g/mol. The number of fused-ring (bicyclic) bond motifs is 1. The molecule has 1 aliphatic rings. The molecule has 1 aromatic carbocycles. The highest BCUT2D eigenvalue weighted by Gasteiger charge is 2.22. The third-order valence-corrected chi connectivity index (χ3v) is 2.84. The van der Waals surface area contributed by atoms with Crippen LogP contribution in [0.3, 0.4) is 0 Å². The van der Waals surface area contributed by atoms with Gasteiger partial charge in [0.2, 0.25) is 0 Å². The lowest BCUT2D eigenvalue weighted by Gasteiger charge is -2.09. The molecule has 2 N–H and O–H groups in total. The SMILES string of the molecule is [2H]c1c(CC([2H])([2H])N(C([2H])([2H])[2H])C([2H])([2H])[2H])c2cc(C([2H])([2H])[C@@H]3N([2H])C(=O)OC3([2H])[2H])ccc2n1[2H]. The Morgan fingerprint density at radius 1 is 1.67 bits per heavy atom. The van der Waals surface area contributed by atoms with E-state index < -0.39 is 58.1 Å². The Hall–Kier alpha value is -2.01. The molecule has 0 spiro atoms. The number of cyclic esters (lactones) is 1. The van der Waals surface area contributed by atoms with Gasteiger partial charge in [0.1, 0.15) is 6.56 Å². The number of ether oxygens (including phenoxy) is 1. The minimum Gasteiger partial charge on any atom is -0.447 e. The fraction of sp³-hybridized carbons (Fsp3) is 0.438. The first-order valence-corrected chi connectivity index (χ1v) is 5.98. The van der Waals surface area contributed by atoms with E-state index in [1.807, 2.05) is 0 Å². The van der Waals surface area contributed by atoms with Gasteiger partial charge in [-0.2, -0.15) is 0 Å². The second kappa shape index (κ2) is 5.77. The summed E-state index contributed by atoms with van der Waals surface area (Å²) in [5.74, 6) is 0. The Kier molecular flexibility index (Phi) is 1.30. The minimum absolute atomic E-state index is 0.0137. The van der Waals surface area contributed by atoms with Gasteiger partial charge in [-0.15, -0.1) is 0 Å². The van der Waals surface area contributed by atoms with Crippen molar-refractivity contribution in [3.05, 3.63) is 35.5 Å². The molecule has 1 atom stereocenters. The van der Waals surface area contributed by atoms with Crippen LogP contribution in [-0.4, -0.2) is 49.0 Å². The molecule has 2 heterocycles. The third kappa shape index (κ3) is 3.19. The van der Waals surface area contributed by atoms with E-state index in [9.17, 15) is 4.79 Å². The summed E-state index contributed by atoms with van der Waals surface area (Å²) in [6, 6.07) is 1.32. The molecule has 0 bridgehead atoms. The lowest BCUT2D eigenvalue weighted by Crippen LogP contribution is -2.28. The van der Waals surface area contributed by atoms with Gasteiger partial charge in [0, 0.05) is 37.3 Å². The van der Waals surface area contributed by atoms with Crippen LogP contribution in [0.1, 0.15) is 28.9 Å². The van der Waals surface area contributed by atoms with E-state index in [0.717, 1.165) is 12.1 Å². The van der Waals surface area contributed by atoms with Crippen LogP contribution in [0, 0.1) is 0 Å². The molecular formula is C16H21N3O2. The lowest BCUT2D eigenvalue weighted by atomic mass is 10.0. The van der Waals surface area contributed by atoms with Gasteiger partial charge in [0.25, 0.3) is 0 Å². The first kappa shape index (κ1) is 4.74. The summed E-state index contributed by atoms with van der Waals surface area (Å²) in [5, 5.41) is -0.0848. The van der Waals surface area contributed by atoms with Crippen molar-refractivity contribution in [1.82, 2.24) is 15.2 Å². The monoisotopic (exact) mass is 302 g/mol. The number of aryl methyl sites for hydroxylation is 1. The van der Waals surface area contributed by atoms with Crippen molar-refractivity contribution in [1.29, 1.82) is 0 Å². The normalized spacial score (nSPS) is 34.1. The van der Waals surface area contributed by atoms with E-state index in [4.69, 9.17) is 20.6 Å². The number of aromatic nitrogens is 1. The Morgan fingerprint density at radius 3 is 3.33 bits per heavy atom. The van der Waals surface area contributed by atoms with Crippen LogP contribution >= 0.6 is 0 Å². The molecule has 2 aromatic rings. The summed E-state index contributed by atoms with van der Waals surface area (Å²) in [5.41, 5.74) is -0.634. The molecular weight excluding hydrogens is 266 g/mol. The molecule has 1 saturated heterocycles. The quantitative estimate of drug-likeness (QED) is 0.887. The highest BCUT2D eigenvalue weighted by atomic mass is 16.6. The fourth-order valence-electron chi connectivity index (χ4n) is 1.93. The predicted octanol–water partition coefficient (Wildman–Crippen LogP) is 1.92. The molecule has 0 aliphatic carbocycles. The number of rotatable bonds is 5. The van der Waals surface area contributed by atoms with Gasteiger partial charge in [-0.25, -0.2) is 4.79 Å². The molecule has 112 valence electrons. The van der Waals surface area contributed by atoms with Gasteiger partial charge in [0.05, 0.1) is 10.2 Å². The van der Waals surface area contributed by atoms with Crippen molar-refractivity contribution in [2.45, 2.75) is 18.8 Å².